The number of benzene rings is 2. The molecule has 3 aromatic rings. The molecule has 1 aliphatic heterocycles. The van der Waals surface area contributed by atoms with Crippen LogP contribution in [-0.4, -0.2) is 56.5 Å². The number of ether oxygens (including phenoxy) is 2. The summed E-state index contributed by atoms with van der Waals surface area (Å²) in [4.78, 5) is 16.6. The molecule has 0 saturated carbocycles. The molecular formula is C19H19N3O5S2. The summed E-state index contributed by atoms with van der Waals surface area (Å²) in [5, 5.41) is 3.22. The van der Waals surface area contributed by atoms with Crippen molar-refractivity contribution in [2.75, 3.05) is 38.2 Å². The van der Waals surface area contributed by atoms with Crippen LogP contribution in [0.25, 0.3) is 10.2 Å². The molecule has 0 spiro atoms. The lowest BCUT2D eigenvalue weighted by Gasteiger charge is -2.26. The summed E-state index contributed by atoms with van der Waals surface area (Å²) in [6.45, 7) is 1.26. The zero-order chi connectivity index (χ0) is 20.3. The first kappa shape index (κ1) is 19.8. The first-order valence-corrected chi connectivity index (χ1v) is 11.2. The molecule has 4 rings (SSSR count). The Morgan fingerprint density at radius 2 is 1.86 bits per heavy atom. The zero-order valence-electron chi connectivity index (χ0n) is 15.4. The highest BCUT2D eigenvalue weighted by atomic mass is 32.2. The van der Waals surface area contributed by atoms with E-state index >= 15 is 0 Å². The summed E-state index contributed by atoms with van der Waals surface area (Å²) in [5.41, 5.74) is 0.825. The summed E-state index contributed by atoms with van der Waals surface area (Å²) in [7, 11) is -3.55. The number of para-hydroxylation sites is 1. The molecule has 10 heteroatoms. The molecule has 2 heterocycles. The van der Waals surface area contributed by atoms with Crippen LogP contribution in [-0.2, 0) is 19.6 Å². The van der Waals surface area contributed by atoms with E-state index in [4.69, 9.17) is 9.47 Å². The molecule has 2 aromatic carbocycles. The number of rotatable bonds is 6. The van der Waals surface area contributed by atoms with Gasteiger partial charge in [-0.15, -0.1) is 0 Å². The van der Waals surface area contributed by atoms with Crippen molar-refractivity contribution in [3.63, 3.8) is 0 Å². The van der Waals surface area contributed by atoms with Crippen molar-refractivity contribution in [3.05, 3.63) is 48.5 Å². The predicted octanol–water partition coefficient (Wildman–Crippen LogP) is 2.33. The minimum atomic E-state index is -3.55. The van der Waals surface area contributed by atoms with Gasteiger partial charge in [0.25, 0.3) is 5.91 Å². The second-order valence-electron chi connectivity index (χ2n) is 6.31. The minimum Gasteiger partial charge on any atom is -0.484 e. The van der Waals surface area contributed by atoms with Gasteiger partial charge in [-0.25, -0.2) is 13.4 Å². The highest BCUT2D eigenvalue weighted by molar-refractivity contribution is 7.89. The number of aromatic nitrogens is 1. The summed E-state index contributed by atoms with van der Waals surface area (Å²) >= 11 is 1.39. The number of thiazole rings is 1. The van der Waals surface area contributed by atoms with Crippen molar-refractivity contribution in [2.24, 2.45) is 0 Å². The van der Waals surface area contributed by atoms with E-state index in [1.807, 2.05) is 24.3 Å². The van der Waals surface area contributed by atoms with Gasteiger partial charge in [0.2, 0.25) is 10.0 Å². The molecule has 29 heavy (non-hydrogen) atoms. The van der Waals surface area contributed by atoms with Crippen molar-refractivity contribution in [1.29, 1.82) is 0 Å². The Bertz CT molecular complexity index is 1070. The first-order chi connectivity index (χ1) is 14.0. The molecule has 152 valence electrons. The second kappa shape index (κ2) is 8.46. The number of anilines is 1. The van der Waals surface area contributed by atoms with E-state index in [0.29, 0.717) is 37.2 Å². The molecule has 1 N–H and O–H groups in total. The van der Waals surface area contributed by atoms with Gasteiger partial charge in [0.1, 0.15) is 5.75 Å². The van der Waals surface area contributed by atoms with Crippen molar-refractivity contribution >= 4 is 42.6 Å². The summed E-state index contributed by atoms with van der Waals surface area (Å²) < 4.78 is 38.2. The number of nitrogens with one attached hydrogen (secondary N) is 1. The monoisotopic (exact) mass is 433 g/mol. The molecule has 1 fully saturated rings. The number of hydrogen-bond donors (Lipinski definition) is 1. The highest BCUT2D eigenvalue weighted by Gasteiger charge is 2.26. The maximum Gasteiger partial charge on any atom is 0.264 e. The van der Waals surface area contributed by atoms with Crippen LogP contribution in [0.15, 0.2) is 53.4 Å². The number of carbonyl (C=O) groups excluding carboxylic acids is 1. The second-order valence-corrected chi connectivity index (χ2v) is 9.28. The van der Waals surface area contributed by atoms with Crippen LogP contribution in [0.5, 0.6) is 5.75 Å². The fourth-order valence-electron chi connectivity index (χ4n) is 2.87. The molecule has 0 atom stereocenters. The first-order valence-electron chi connectivity index (χ1n) is 8.98. The Kier molecular flexibility index (Phi) is 5.76. The number of fused-ring (bicyclic) bond motifs is 1. The smallest absolute Gasteiger partial charge is 0.264 e. The molecule has 1 saturated heterocycles. The third kappa shape index (κ3) is 4.56. The fraction of sp³-hybridized carbons (Fsp3) is 0.263. The quantitative estimate of drug-likeness (QED) is 0.641. The van der Waals surface area contributed by atoms with Crippen molar-refractivity contribution in [1.82, 2.24) is 9.29 Å². The van der Waals surface area contributed by atoms with Gasteiger partial charge in [-0.3, -0.25) is 10.1 Å². The van der Waals surface area contributed by atoms with Crippen LogP contribution in [0.3, 0.4) is 0 Å². The third-order valence-corrected chi connectivity index (χ3v) is 7.21. The van der Waals surface area contributed by atoms with Crippen LogP contribution in [0.1, 0.15) is 0 Å². The maximum atomic E-state index is 12.6. The van der Waals surface area contributed by atoms with Gasteiger partial charge >= 0.3 is 0 Å². The Morgan fingerprint density at radius 1 is 1.14 bits per heavy atom. The Balaban J connectivity index is 1.34. The van der Waals surface area contributed by atoms with Gasteiger partial charge in [-0.05, 0) is 36.4 Å². The average Bonchev–Trinajstić information content (AvgIpc) is 3.15. The van der Waals surface area contributed by atoms with E-state index in [1.165, 1.54) is 39.9 Å². The Hall–Kier alpha value is -2.53. The molecule has 1 aromatic heterocycles. The summed E-state index contributed by atoms with van der Waals surface area (Å²) in [6, 6.07) is 13.7. The lowest BCUT2D eigenvalue weighted by molar-refractivity contribution is -0.118. The predicted molar refractivity (Wildman–Crippen MR) is 110 cm³/mol. The van der Waals surface area contributed by atoms with E-state index in [0.717, 1.165) is 10.2 Å². The molecule has 1 aliphatic rings. The molecular weight excluding hydrogens is 414 g/mol. The van der Waals surface area contributed by atoms with Gasteiger partial charge < -0.3 is 9.47 Å². The zero-order valence-corrected chi connectivity index (χ0v) is 17.0. The number of morpholine rings is 1. The molecule has 1 amide bonds. The van der Waals surface area contributed by atoms with Crippen LogP contribution in [0.4, 0.5) is 5.13 Å². The highest BCUT2D eigenvalue weighted by Crippen LogP contribution is 2.25. The van der Waals surface area contributed by atoms with Gasteiger partial charge in [-0.1, -0.05) is 23.5 Å². The SMILES string of the molecule is O=C(COc1ccc(S(=O)(=O)N2CCOCC2)cc1)Nc1nc2ccccc2s1. The largest absolute Gasteiger partial charge is 0.484 e. The number of hydrogen-bond acceptors (Lipinski definition) is 7. The van der Waals surface area contributed by atoms with Crippen LogP contribution >= 0.6 is 11.3 Å². The third-order valence-electron chi connectivity index (χ3n) is 4.34. The van der Waals surface area contributed by atoms with Crippen molar-refractivity contribution in [3.8, 4) is 5.75 Å². The normalized spacial score (nSPS) is 15.3. The number of amides is 1. The topological polar surface area (TPSA) is 97.8 Å². The summed E-state index contributed by atoms with van der Waals surface area (Å²) in [5.74, 6) is 0.0689. The van der Waals surface area contributed by atoms with E-state index in [2.05, 4.69) is 10.3 Å². The Morgan fingerprint density at radius 3 is 2.59 bits per heavy atom. The molecule has 0 unspecified atom stereocenters. The van der Waals surface area contributed by atoms with Crippen molar-refractivity contribution in [2.45, 2.75) is 4.90 Å². The Labute approximate surface area is 172 Å². The van der Waals surface area contributed by atoms with Gasteiger partial charge in [0, 0.05) is 13.1 Å². The number of sulfonamides is 1. The van der Waals surface area contributed by atoms with Crippen LogP contribution in [0.2, 0.25) is 0 Å². The minimum absolute atomic E-state index is 0.186. The van der Waals surface area contributed by atoms with E-state index < -0.39 is 10.0 Å². The molecule has 0 aliphatic carbocycles. The van der Waals surface area contributed by atoms with Gasteiger partial charge in [-0.2, -0.15) is 4.31 Å². The standard InChI is InChI=1S/C19H19N3O5S2/c23-18(21-19-20-16-3-1-2-4-17(16)28-19)13-27-14-5-7-15(8-6-14)29(24,25)22-9-11-26-12-10-22/h1-8H,9-13H2,(H,20,21,23). The summed E-state index contributed by atoms with van der Waals surface area (Å²) in [6.07, 6.45) is 0. The van der Waals surface area contributed by atoms with Gasteiger partial charge in [0.15, 0.2) is 11.7 Å². The molecule has 8 nitrogen and oxygen atoms in total. The number of carbonyl (C=O) groups is 1. The van der Waals surface area contributed by atoms with Gasteiger partial charge in [0.05, 0.1) is 28.3 Å². The number of nitrogens with zero attached hydrogens (tertiary/aromatic N) is 2. The lowest BCUT2D eigenvalue weighted by atomic mass is 10.3. The average molecular weight is 434 g/mol. The van der Waals surface area contributed by atoms with E-state index in [-0.39, 0.29) is 17.4 Å². The maximum absolute atomic E-state index is 12.6. The molecule has 0 bridgehead atoms. The van der Waals surface area contributed by atoms with E-state index in [1.54, 1.807) is 0 Å². The lowest BCUT2D eigenvalue weighted by Crippen LogP contribution is -2.40. The fourth-order valence-corrected chi connectivity index (χ4v) is 5.16. The van der Waals surface area contributed by atoms with Crippen molar-refractivity contribution < 1.29 is 22.7 Å². The van der Waals surface area contributed by atoms with Crippen LogP contribution in [0, 0.1) is 0 Å². The van der Waals surface area contributed by atoms with Crippen LogP contribution < -0.4 is 10.1 Å². The molecule has 0 radical (unpaired) electrons. The van der Waals surface area contributed by atoms with E-state index in [9.17, 15) is 13.2 Å².